The van der Waals surface area contributed by atoms with Gasteiger partial charge in [-0.1, -0.05) is 0 Å². The van der Waals surface area contributed by atoms with Crippen LogP contribution in [0.1, 0.15) is 17.5 Å². The minimum absolute atomic E-state index is 0.0289. The zero-order valence-electron chi connectivity index (χ0n) is 11.7. The molecule has 8 heteroatoms. The molecule has 0 spiro atoms. The number of fused-ring (bicyclic) bond motifs is 1. The molecule has 1 unspecified atom stereocenters. The number of nitriles is 2. The van der Waals surface area contributed by atoms with E-state index in [-0.39, 0.29) is 29.6 Å². The van der Waals surface area contributed by atoms with Crippen molar-refractivity contribution in [2.24, 2.45) is 11.8 Å². The number of halogens is 4. The summed E-state index contributed by atoms with van der Waals surface area (Å²) >= 11 is 0. The Balaban J connectivity index is 2.00. The van der Waals surface area contributed by atoms with Crippen molar-refractivity contribution < 1.29 is 22.7 Å². The second-order valence-corrected chi connectivity index (χ2v) is 5.86. The van der Waals surface area contributed by atoms with Gasteiger partial charge in [-0.25, -0.2) is 4.39 Å². The van der Waals surface area contributed by atoms with Gasteiger partial charge >= 0.3 is 6.18 Å². The standard InChI is InChI=1S/C15H11F4N3O/c16-12-3-9(1-7(4-20)11(12)5-21)22-6-8-2-10(8)13(22)14(23)15(17,18)19/h1,3,8,10,13-14,23H,2,6H2/t8-,10?,13+,14+/m0/s1. The van der Waals surface area contributed by atoms with Gasteiger partial charge in [-0.3, -0.25) is 0 Å². The van der Waals surface area contributed by atoms with E-state index in [0.717, 1.165) is 6.07 Å². The zero-order chi connectivity index (χ0) is 16.9. The minimum Gasteiger partial charge on any atom is -0.382 e. The maximum Gasteiger partial charge on any atom is 0.416 e. The molecule has 1 aliphatic heterocycles. The van der Waals surface area contributed by atoms with E-state index >= 15 is 0 Å². The Labute approximate surface area is 129 Å². The number of nitrogens with zero attached hydrogens (tertiary/aromatic N) is 3. The van der Waals surface area contributed by atoms with E-state index in [9.17, 15) is 22.7 Å². The summed E-state index contributed by atoms with van der Waals surface area (Å²) in [6.45, 7) is 0.263. The van der Waals surface area contributed by atoms with Crippen LogP contribution in [-0.2, 0) is 0 Å². The zero-order valence-corrected chi connectivity index (χ0v) is 11.7. The Morgan fingerprint density at radius 1 is 1.26 bits per heavy atom. The van der Waals surface area contributed by atoms with Gasteiger partial charge in [0, 0.05) is 12.2 Å². The van der Waals surface area contributed by atoms with Crippen LogP contribution in [-0.4, -0.2) is 30.0 Å². The molecule has 0 radical (unpaired) electrons. The SMILES string of the molecule is N#Cc1cc(N2C[C@@H]3CC3[C@@H]2[C@@H](O)C(F)(F)F)cc(F)c1C#N. The van der Waals surface area contributed by atoms with Crippen molar-refractivity contribution >= 4 is 5.69 Å². The third-order valence-corrected chi connectivity index (χ3v) is 4.50. The molecule has 1 heterocycles. The molecule has 1 aromatic carbocycles. The molecule has 2 aliphatic rings. The number of hydrogen-bond acceptors (Lipinski definition) is 4. The van der Waals surface area contributed by atoms with Crippen molar-refractivity contribution in [3.05, 3.63) is 29.1 Å². The van der Waals surface area contributed by atoms with Gasteiger partial charge in [-0.2, -0.15) is 23.7 Å². The summed E-state index contributed by atoms with van der Waals surface area (Å²) in [5.41, 5.74) is -0.588. The Morgan fingerprint density at radius 3 is 2.52 bits per heavy atom. The number of rotatable bonds is 2. The molecule has 23 heavy (non-hydrogen) atoms. The topological polar surface area (TPSA) is 71.1 Å². The molecule has 0 aromatic heterocycles. The number of aliphatic hydroxyl groups is 1. The average molecular weight is 325 g/mol. The van der Waals surface area contributed by atoms with Crippen LogP contribution in [0.25, 0.3) is 0 Å². The molecule has 3 rings (SSSR count). The predicted molar refractivity (Wildman–Crippen MR) is 70.6 cm³/mol. The van der Waals surface area contributed by atoms with Crippen LogP contribution >= 0.6 is 0 Å². The smallest absolute Gasteiger partial charge is 0.382 e. The fourth-order valence-corrected chi connectivity index (χ4v) is 3.34. The van der Waals surface area contributed by atoms with Gasteiger partial charge in [0.05, 0.1) is 11.6 Å². The van der Waals surface area contributed by atoms with Crippen LogP contribution in [0.2, 0.25) is 0 Å². The fraction of sp³-hybridized carbons (Fsp3) is 0.467. The Morgan fingerprint density at radius 2 is 1.96 bits per heavy atom. The highest BCUT2D eigenvalue weighted by Gasteiger charge is 2.60. The number of benzene rings is 1. The maximum absolute atomic E-state index is 13.9. The monoisotopic (exact) mass is 325 g/mol. The molecule has 4 nitrogen and oxygen atoms in total. The molecule has 0 bridgehead atoms. The van der Waals surface area contributed by atoms with Gasteiger partial charge in [0.25, 0.3) is 0 Å². The summed E-state index contributed by atoms with van der Waals surface area (Å²) < 4.78 is 52.6. The summed E-state index contributed by atoms with van der Waals surface area (Å²) in [7, 11) is 0. The van der Waals surface area contributed by atoms with E-state index in [1.807, 2.05) is 0 Å². The van der Waals surface area contributed by atoms with Gasteiger partial charge in [0.1, 0.15) is 23.5 Å². The first kappa shape index (κ1) is 15.6. The Bertz CT molecular complexity index is 734. The van der Waals surface area contributed by atoms with Gasteiger partial charge in [-0.15, -0.1) is 0 Å². The molecule has 1 saturated carbocycles. The quantitative estimate of drug-likeness (QED) is 0.847. The summed E-state index contributed by atoms with van der Waals surface area (Å²) in [6.07, 6.45) is -6.72. The summed E-state index contributed by atoms with van der Waals surface area (Å²) in [5.74, 6) is -1.22. The molecule has 1 aromatic rings. The van der Waals surface area contributed by atoms with Crippen LogP contribution in [0.3, 0.4) is 0 Å². The van der Waals surface area contributed by atoms with Crippen LogP contribution in [0.4, 0.5) is 23.2 Å². The van der Waals surface area contributed by atoms with Crippen LogP contribution in [0.15, 0.2) is 12.1 Å². The maximum atomic E-state index is 13.9. The lowest BCUT2D eigenvalue weighted by Gasteiger charge is -2.34. The lowest BCUT2D eigenvalue weighted by molar-refractivity contribution is -0.210. The summed E-state index contributed by atoms with van der Waals surface area (Å²) in [4.78, 5) is 1.29. The molecular weight excluding hydrogens is 314 g/mol. The fourth-order valence-electron chi connectivity index (χ4n) is 3.34. The molecule has 1 aliphatic carbocycles. The second kappa shape index (κ2) is 5.10. The molecule has 120 valence electrons. The molecule has 1 N–H and O–H groups in total. The highest BCUT2D eigenvalue weighted by atomic mass is 19.4. The largest absolute Gasteiger partial charge is 0.416 e. The van der Waals surface area contributed by atoms with Crippen molar-refractivity contribution in [3.63, 3.8) is 0 Å². The van der Waals surface area contributed by atoms with Crippen molar-refractivity contribution in [2.75, 3.05) is 11.4 Å². The lowest BCUT2D eigenvalue weighted by Crippen LogP contribution is -2.49. The lowest BCUT2D eigenvalue weighted by atomic mass is 10.0. The van der Waals surface area contributed by atoms with Gasteiger partial charge in [0.2, 0.25) is 0 Å². The number of alkyl halides is 3. The Kier molecular flexibility index (Phi) is 3.46. The van der Waals surface area contributed by atoms with Gasteiger partial charge in [0.15, 0.2) is 6.10 Å². The van der Waals surface area contributed by atoms with E-state index in [4.69, 9.17) is 10.5 Å². The van der Waals surface area contributed by atoms with Gasteiger partial charge < -0.3 is 10.0 Å². The number of hydrogen-bond donors (Lipinski definition) is 1. The van der Waals surface area contributed by atoms with Crippen molar-refractivity contribution in [3.8, 4) is 12.1 Å². The molecule has 4 atom stereocenters. The van der Waals surface area contributed by atoms with Crippen LogP contribution in [0, 0.1) is 40.3 Å². The number of piperidine rings is 1. The van der Waals surface area contributed by atoms with E-state index in [1.165, 1.54) is 11.0 Å². The van der Waals surface area contributed by atoms with E-state index in [1.54, 1.807) is 12.1 Å². The van der Waals surface area contributed by atoms with Crippen molar-refractivity contribution in [1.29, 1.82) is 10.5 Å². The summed E-state index contributed by atoms with van der Waals surface area (Å²) in [6, 6.07) is 4.18. The van der Waals surface area contributed by atoms with E-state index in [0.29, 0.717) is 6.42 Å². The van der Waals surface area contributed by atoms with E-state index in [2.05, 4.69) is 0 Å². The van der Waals surface area contributed by atoms with Gasteiger partial charge in [-0.05, 0) is 30.4 Å². The predicted octanol–water partition coefficient (Wildman–Crippen LogP) is 2.32. The van der Waals surface area contributed by atoms with Crippen LogP contribution in [0.5, 0.6) is 0 Å². The highest BCUT2D eigenvalue weighted by molar-refractivity contribution is 5.60. The first-order valence-electron chi connectivity index (χ1n) is 6.93. The molecule has 2 fully saturated rings. The highest BCUT2D eigenvalue weighted by Crippen LogP contribution is 2.53. The van der Waals surface area contributed by atoms with Crippen LogP contribution < -0.4 is 4.90 Å². The first-order chi connectivity index (χ1) is 10.8. The number of anilines is 1. The normalized spacial score (nSPS) is 27.1. The third-order valence-electron chi connectivity index (χ3n) is 4.50. The molecule has 0 amide bonds. The number of aliphatic hydroxyl groups excluding tert-OH is 1. The summed E-state index contributed by atoms with van der Waals surface area (Å²) in [5, 5.41) is 27.5. The Hall–Kier alpha value is -2.32. The third kappa shape index (κ3) is 2.49. The van der Waals surface area contributed by atoms with E-state index < -0.39 is 29.7 Å². The first-order valence-corrected chi connectivity index (χ1v) is 6.93. The second-order valence-electron chi connectivity index (χ2n) is 5.86. The van der Waals surface area contributed by atoms with Crippen molar-refractivity contribution in [2.45, 2.75) is 24.7 Å². The van der Waals surface area contributed by atoms with Crippen molar-refractivity contribution in [1.82, 2.24) is 0 Å². The molecule has 1 saturated heterocycles. The average Bonchev–Trinajstić information content (AvgIpc) is 3.15. The minimum atomic E-state index is -4.77. The molecular formula is C15H11F4N3O.